The largest absolute Gasteiger partial charge is 0.339 e. The first-order chi connectivity index (χ1) is 6.16. The van der Waals surface area contributed by atoms with Gasteiger partial charge in [0, 0.05) is 12.6 Å². The minimum atomic E-state index is 0.0213. The Morgan fingerprint density at radius 1 is 1.62 bits per heavy atom. The van der Waals surface area contributed by atoms with Crippen molar-refractivity contribution in [3.63, 3.8) is 0 Å². The number of piperidine rings is 1. The molecule has 0 N–H and O–H groups in total. The topological polar surface area (TPSA) is 20.3 Å². The maximum absolute atomic E-state index is 11.8. The van der Waals surface area contributed by atoms with Crippen molar-refractivity contribution in [2.75, 3.05) is 6.54 Å². The first-order valence-corrected chi connectivity index (χ1v) is 6.03. The molecule has 1 rings (SSSR count). The molecule has 2 atom stereocenters. The monoisotopic (exact) mass is 247 g/mol. The number of hydrogen-bond donors (Lipinski definition) is 0. The molecular formula is C10H18BrNO. The van der Waals surface area contributed by atoms with E-state index in [1.54, 1.807) is 0 Å². The summed E-state index contributed by atoms with van der Waals surface area (Å²) in [6.45, 7) is 5.13. The molecule has 0 spiro atoms. The number of carbonyl (C=O) groups excluding carboxylic acids is 1. The van der Waals surface area contributed by atoms with Crippen LogP contribution in [-0.4, -0.2) is 28.2 Å². The highest BCUT2D eigenvalue weighted by Crippen LogP contribution is 2.20. The van der Waals surface area contributed by atoms with Gasteiger partial charge < -0.3 is 4.90 Å². The number of rotatable bonds is 2. The lowest BCUT2D eigenvalue weighted by Gasteiger charge is -2.34. The second-order valence-corrected chi connectivity index (χ2v) is 4.86. The van der Waals surface area contributed by atoms with Crippen LogP contribution in [-0.2, 0) is 4.79 Å². The number of nitrogens with zero attached hydrogens (tertiary/aromatic N) is 1. The average molecular weight is 248 g/mol. The lowest BCUT2D eigenvalue weighted by Crippen LogP contribution is -2.45. The van der Waals surface area contributed by atoms with Gasteiger partial charge in [-0.15, -0.1) is 0 Å². The normalized spacial score (nSPS) is 25.8. The summed E-state index contributed by atoms with van der Waals surface area (Å²) < 4.78 is 0. The second-order valence-electron chi connectivity index (χ2n) is 3.75. The molecule has 3 heteroatoms. The van der Waals surface area contributed by atoms with Gasteiger partial charge in [-0.3, -0.25) is 4.79 Å². The van der Waals surface area contributed by atoms with Crippen molar-refractivity contribution in [1.29, 1.82) is 0 Å². The maximum atomic E-state index is 11.8. The van der Waals surface area contributed by atoms with Crippen LogP contribution in [0, 0.1) is 0 Å². The minimum Gasteiger partial charge on any atom is -0.339 e. The van der Waals surface area contributed by atoms with Crippen LogP contribution in [0.5, 0.6) is 0 Å². The van der Waals surface area contributed by atoms with Gasteiger partial charge in [0.15, 0.2) is 0 Å². The number of hydrogen-bond acceptors (Lipinski definition) is 1. The molecule has 1 aliphatic rings. The first-order valence-electron chi connectivity index (χ1n) is 5.11. The minimum absolute atomic E-state index is 0.0213. The van der Waals surface area contributed by atoms with Gasteiger partial charge in [-0.1, -0.05) is 22.9 Å². The second kappa shape index (κ2) is 4.99. The summed E-state index contributed by atoms with van der Waals surface area (Å²) >= 11 is 3.41. The zero-order chi connectivity index (χ0) is 9.84. The van der Waals surface area contributed by atoms with E-state index in [0.29, 0.717) is 6.04 Å². The van der Waals surface area contributed by atoms with Crippen LogP contribution in [0.2, 0.25) is 0 Å². The van der Waals surface area contributed by atoms with E-state index in [1.807, 2.05) is 11.8 Å². The first kappa shape index (κ1) is 11.0. The number of alkyl halides is 1. The van der Waals surface area contributed by atoms with Crippen LogP contribution in [0.4, 0.5) is 0 Å². The lowest BCUT2D eigenvalue weighted by molar-refractivity contribution is -0.133. The highest BCUT2D eigenvalue weighted by molar-refractivity contribution is 9.10. The van der Waals surface area contributed by atoms with E-state index in [4.69, 9.17) is 0 Å². The third-order valence-electron chi connectivity index (χ3n) is 2.71. The van der Waals surface area contributed by atoms with Gasteiger partial charge in [0.1, 0.15) is 0 Å². The number of halogens is 1. The summed E-state index contributed by atoms with van der Waals surface area (Å²) in [5.41, 5.74) is 0. The van der Waals surface area contributed by atoms with E-state index in [0.717, 1.165) is 19.4 Å². The molecule has 0 aromatic heterocycles. The van der Waals surface area contributed by atoms with Crippen LogP contribution < -0.4 is 0 Å². The summed E-state index contributed by atoms with van der Waals surface area (Å²) in [6.07, 6.45) is 4.47. The third-order valence-corrected chi connectivity index (χ3v) is 3.75. The molecular weight excluding hydrogens is 230 g/mol. The fraction of sp³-hybridized carbons (Fsp3) is 0.900. The Balaban J connectivity index is 2.53. The molecule has 1 aliphatic heterocycles. The van der Waals surface area contributed by atoms with Crippen LogP contribution in [0.25, 0.3) is 0 Å². The Morgan fingerprint density at radius 2 is 2.31 bits per heavy atom. The van der Waals surface area contributed by atoms with Crippen molar-refractivity contribution >= 4 is 21.8 Å². The predicted octanol–water partition coefficient (Wildman–Crippen LogP) is 2.56. The lowest BCUT2D eigenvalue weighted by atomic mass is 10.0. The molecule has 0 aromatic rings. The van der Waals surface area contributed by atoms with Crippen molar-refractivity contribution in [2.24, 2.45) is 0 Å². The van der Waals surface area contributed by atoms with Crippen molar-refractivity contribution in [3.8, 4) is 0 Å². The van der Waals surface area contributed by atoms with Gasteiger partial charge in [0.05, 0.1) is 4.83 Å². The Morgan fingerprint density at radius 3 is 2.85 bits per heavy atom. The highest BCUT2D eigenvalue weighted by Gasteiger charge is 2.26. The molecule has 0 aromatic carbocycles. The van der Waals surface area contributed by atoms with Gasteiger partial charge in [0.25, 0.3) is 0 Å². The number of amides is 1. The molecule has 0 saturated carbocycles. The molecule has 0 aliphatic carbocycles. The van der Waals surface area contributed by atoms with E-state index in [9.17, 15) is 4.79 Å². The van der Waals surface area contributed by atoms with Crippen LogP contribution in [0.3, 0.4) is 0 Å². The number of carbonyl (C=O) groups is 1. The van der Waals surface area contributed by atoms with Crippen molar-refractivity contribution < 1.29 is 4.79 Å². The van der Waals surface area contributed by atoms with E-state index in [2.05, 4.69) is 22.9 Å². The molecule has 13 heavy (non-hydrogen) atoms. The van der Waals surface area contributed by atoms with Gasteiger partial charge in [-0.2, -0.15) is 0 Å². The van der Waals surface area contributed by atoms with Crippen LogP contribution in [0.1, 0.15) is 39.5 Å². The average Bonchev–Trinajstić information content (AvgIpc) is 2.16. The molecule has 0 radical (unpaired) electrons. The van der Waals surface area contributed by atoms with E-state index < -0.39 is 0 Å². The fourth-order valence-corrected chi connectivity index (χ4v) is 2.04. The Kier molecular flexibility index (Phi) is 4.23. The van der Waals surface area contributed by atoms with E-state index in [-0.39, 0.29) is 10.7 Å². The van der Waals surface area contributed by atoms with Crippen molar-refractivity contribution in [3.05, 3.63) is 0 Å². The van der Waals surface area contributed by atoms with Crippen LogP contribution in [0.15, 0.2) is 0 Å². The third kappa shape index (κ3) is 2.70. The molecule has 0 bridgehead atoms. The van der Waals surface area contributed by atoms with E-state index >= 15 is 0 Å². The smallest absolute Gasteiger partial charge is 0.236 e. The van der Waals surface area contributed by atoms with Gasteiger partial charge in [0.2, 0.25) is 5.91 Å². The zero-order valence-corrected chi connectivity index (χ0v) is 10.0. The van der Waals surface area contributed by atoms with Gasteiger partial charge in [-0.05, 0) is 32.6 Å². The number of likely N-dealkylation sites (tertiary alicyclic amines) is 1. The molecule has 76 valence electrons. The Labute approximate surface area is 88.8 Å². The van der Waals surface area contributed by atoms with Gasteiger partial charge in [-0.25, -0.2) is 0 Å². The fourth-order valence-electron chi connectivity index (χ4n) is 1.78. The predicted molar refractivity (Wildman–Crippen MR) is 58.0 cm³/mol. The maximum Gasteiger partial charge on any atom is 0.236 e. The Bertz CT molecular complexity index is 184. The standard InChI is InChI=1S/C10H18BrNO/c1-3-9(11)10(13)12-7-5-4-6-8(12)2/h8-9H,3-7H2,1-2H3/t8-,9-/m1/s1. The summed E-state index contributed by atoms with van der Waals surface area (Å²) in [5, 5.41) is 0. The SMILES string of the molecule is CC[C@@H](Br)C(=O)N1CCCC[C@H]1C. The Hall–Kier alpha value is -0.0500. The molecule has 1 heterocycles. The zero-order valence-electron chi connectivity index (χ0n) is 8.42. The van der Waals surface area contributed by atoms with Crippen LogP contribution >= 0.6 is 15.9 Å². The highest BCUT2D eigenvalue weighted by atomic mass is 79.9. The van der Waals surface area contributed by atoms with Crippen molar-refractivity contribution in [1.82, 2.24) is 4.90 Å². The molecule has 1 fully saturated rings. The molecule has 1 saturated heterocycles. The van der Waals surface area contributed by atoms with Gasteiger partial charge >= 0.3 is 0 Å². The molecule has 2 nitrogen and oxygen atoms in total. The van der Waals surface area contributed by atoms with E-state index in [1.165, 1.54) is 12.8 Å². The summed E-state index contributed by atoms with van der Waals surface area (Å²) in [7, 11) is 0. The summed E-state index contributed by atoms with van der Waals surface area (Å²) in [6, 6.07) is 0.438. The quantitative estimate of drug-likeness (QED) is 0.688. The molecule has 0 unspecified atom stereocenters. The molecule has 1 amide bonds. The summed E-state index contributed by atoms with van der Waals surface area (Å²) in [4.78, 5) is 13.9. The van der Waals surface area contributed by atoms with Crippen molar-refractivity contribution in [2.45, 2.75) is 50.4 Å². The summed E-state index contributed by atoms with van der Waals surface area (Å²) in [5.74, 6) is 0.273.